The number of nitrogens with one attached hydrogen (secondary N) is 1. The van der Waals surface area contributed by atoms with E-state index in [0.717, 1.165) is 12.0 Å². The first-order valence-corrected chi connectivity index (χ1v) is 9.23. The molecule has 1 aromatic carbocycles. The monoisotopic (exact) mass is 389 g/mol. The van der Waals surface area contributed by atoms with Crippen LogP contribution in [0.15, 0.2) is 23.9 Å². The molecule has 1 heterocycles. The van der Waals surface area contributed by atoms with Crippen LogP contribution >= 0.6 is 0 Å². The van der Waals surface area contributed by atoms with Crippen molar-refractivity contribution in [3.05, 3.63) is 40.8 Å². The third kappa shape index (κ3) is 4.16. The van der Waals surface area contributed by atoms with Crippen molar-refractivity contribution in [2.45, 2.75) is 32.3 Å². The Hall–Kier alpha value is -2.90. The number of carbonyl (C=O) groups is 3. The third-order valence-corrected chi connectivity index (χ3v) is 4.76. The van der Waals surface area contributed by atoms with Gasteiger partial charge in [-0.3, -0.25) is 14.5 Å². The average Bonchev–Trinajstić information content (AvgIpc) is 2.92. The first kappa shape index (κ1) is 19.9. The standard InChI is InChI=1S/C20H24FN3O4/c1-12(25)22-9-15-11-24(20(27)28-15)18-7-13-5-4-6-14(10-23(2)3)19(26)16(13)8-17(18)21/h7-8,10,15H,4-6,9,11H2,1-3H3,(H,22,25)/b14-10-/t15-/m0/s1. The van der Waals surface area contributed by atoms with Crippen LogP contribution in [0.3, 0.4) is 0 Å². The molecule has 3 rings (SSSR count). The summed E-state index contributed by atoms with van der Waals surface area (Å²) >= 11 is 0. The molecule has 0 aromatic heterocycles. The molecule has 2 amide bonds. The number of anilines is 1. The highest BCUT2D eigenvalue weighted by Gasteiger charge is 2.35. The van der Waals surface area contributed by atoms with Gasteiger partial charge in [-0.05, 0) is 37.0 Å². The van der Waals surface area contributed by atoms with Crippen LogP contribution in [0.2, 0.25) is 0 Å². The lowest BCUT2D eigenvalue weighted by atomic mass is 9.99. The van der Waals surface area contributed by atoms with Gasteiger partial charge in [-0.2, -0.15) is 0 Å². The van der Waals surface area contributed by atoms with Gasteiger partial charge in [-0.25, -0.2) is 9.18 Å². The molecule has 0 radical (unpaired) electrons. The fourth-order valence-electron chi connectivity index (χ4n) is 3.50. The lowest BCUT2D eigenvalue weighted by Gasteiger charge is -2.17. The van der Waals surface area contributed by atoms with Gasteiger partial charge < -0.3 is 15.0 Å². The van der Waals surface area contributed by atoms with E-state index in [2.05, 4.69) is 5.32 Å². The predicted octanol–water partition coefficient (Wildman–Crippen LogP) is 2.25. The van der Waals surface area contributed by atoms with Gasteiger partial charge in [0.1, 0.15) is 11.9 Å². The van der Waals surface area contributed by atoms with Crippen LogP contribution < -0.4 is 10.2 Å². The fraction of sp³-hybridized carbons (Fsp3) is 0.450. The number of cyclic esters (lactones) is 1. The number of ketones is 1. The van der Waals surface area contributed by atoms with Gasteiger partial charge in [0.25, 0.3) is 0 Å². The molecule has 0 saturated carbocycles. The molecule has 0 bridgehead atoms. The van der Waals surface area contributed by atoms with Gasteiger partial charge in [0.2, 0.25) is 5.91 Å². The van der Waals surface area contributed by atoms with E-state index in [-0.39, 0.29) is 30.5 Å². The summed E-state index contributed by atoms with van der Waals surface area (Å²) in [6.45, 7) is 1.67. The van der Waals surface area contributed by atoms with Crippen LogP contribution in [0, 0.1) is 5.82 Å². The number of amides is 2. The highest BCUT2D eigenvalue weighted by atomic mass is 19.1. The van der Waals surface area contributed by atoms with E-state index < -0.39 is 18.0 Å². The van der Waals surface area contributed by atoms with E-state index in [1.165, 1.54) is 17.9 Å². The van der Waals surface area contributed by atoms with Crippen LogP contribution in [0.1, 0.15) is 35.7 Å². The molecule has 7 nitrogen and oxygen atoms in total. The minimum absolute atomic E-state index is 0.0990. The molecule has 8 heteroatoms. The van der Waals surface area contributed by atoms with Crippen molar-refractivity contribution in [2.75, 3.05) is 32.1 Å². The minimum Gasteiger partial charge on any atom is -0.442 e. The molecule has 28 heavy (non-hydrogen) atoms. The Morgan fingerprint density at radius 1 is 1.36 bits per heavy atom. The molecular formula is C20H24FN3O4. The molecule has 1 aliphatic heterocycles. The van der Waals surface area contributed by atoms with Crippen LogP contribution in [0.25, 0.3) is 0 Å². The number of fused-ring (bicyclic) bond motifs is 1. The summed E-state index contributed by atoms with van der Waals surface area (Å²) < 4.78 is 20.0. The first-order valence-electron chi connectivity index (χ1n) is 9.23. The van der Waals surface area contributed by atoms with Crippen LogP contribution in [0.5, 0.6) is 0 Å². The topological polar surface area (TPSA) is 79.0 Å². The molecular weight excluding hydrogens is 365 g/mol. The van der Waals surface area contributed by atoms with Gasteiger partial charge >= 0.3 is 6.09 Å². The molecule has 1 fully saturated rings. The number of allylic oxidation sites excluding steroid dienone is 1. The summed E-state index contributed by atoms with van der Waals surface area (Å²) in [5.74, 6) is -1.06. The zero-order valence-electron chi connectivity index (χ0n) is 16.3. The maximum absolute atomic E-state index is 14.8. The van der Waals surface area contributed by atoms with Crippen LogP contribution in [-0.2, 0) is 16.0 Å². The number of Topliss-reactive ketones (excluding diaryl/α,β-unsaturated/α-hetero) is 1. The summed E-state index contributed by atoms with van der Waals surface area (Å²) in [6, 6.07) is 2.79. The molecule has 0 unspecified atom stereocenters. The highest BCUT2D eigenvalue weighted by Crippen LogP contribution is 2.32. The minimum atomic E-state index is -0.664. The highest BCUT2D eigenvalue weighted by molar-refractivity contribution is 6.10. The van der Waals surface area contributed by atoms with Crippen molar-refractivity contribution in [1.29, 1.82) is 0 Å². The second-order valence-electron chi connectivity index (χ2n) is 7.31. The SMILES string of the molecule is CC(=O)NC[C@H]1CN(c2cc3c(cc2F)C(=O)/C(=C\N(C)C)CCC3)C(=O)O1. The Morgan fingerprint density at radius 2 is 2.11 bits per heavy atom. The number of hydrogen-bond acceptors (Lipinski definition) is 5. The van der Waals surface area contributed by atoms with Gasteiger partial charge in [0.15, 0.2) is 5.78 Å². The normalized spacial score (nSPS) is 20.6. The van der Waals surface area contributed by atoms with Crippen molar-refractivity contribution < 1.29 is 23.5 Å². The fourth-order valence-corrected chi connectivity index (χ4v) is 3.50. The summed E-state index contributed by atoms with van der Waals surface area (Å²) in [7, 11) is 3.68. The van der Waals surface area contributed by atoms with Crippen molar-refractivity contribution in [3.8, 4) is 0 Å². The summed E-state index contributed by atoms with van der Waals surface area (Å²) in [5.41, 5.74) is 1.81. The summed E-state index contributed by atoms with van der Waals surface area (Å²) in [5, 5.41) is 2.59. The summed E-state index contributed by atoms with van der Waals surface area (Å²) in [4.78, 5) is 39.1. The van der Waals surface area contributed by atoms with E-state index in [1.807, 2.05) is 14.1 Å². The Balaban J connectivity index is 1.88. The number of hydrogen-bond donors (Lipinski definition) is 1. The predicted molar refractivity (Wildman–Crippen MR) is 102 cm³/mol. The smallest absolute Gasteiger partial charge is 0.414 e. The average molecular weight is 389 g/mol. The lowest BCUT2D eigenvalue weighted by molar-refractivity contribution is -0.119. The van der Waals surface area contributed by atoms with Crippen molar-refractivity contribution in [2.24, 2.45) is 0 Å². The van der Waals surface area contributed by atoms with Gasteiger partial charge in [0, 0.05) is 38.4 Å². The van der Waals surface area contributed by atoms with E-state index in [0.29, 0.717) is 24.0 Å². The maximum atomic E-state index is 14.8. The number of nitrogens with zero attached hydrogens (tertiary/aromatic N) is 2. The van der Waals surface area contributed by atoms with Gasteiger partial charge in [0.05, 0.1) is 18.8 Å². The number of rotatable bonds is 4. The molecule has 150 valence electrons. The van der Waals surface area contributed by atoms with Gasteiger partial charge in [-0.1, -0.05) is 0 Å². The van der Waals surface area contributed by atoms with E-state index in [9.17, 15) is 18.8 Å². The molecule has 1 atom stereocenters. The first-order chi connectivity index (χ1) is 13.3. The molecule has 0 spiro atoms. The molecule has 1 aromatic rings. The zero-order chi connectivity index (χ0) is 20.4. The number of halogens is 1. The van der Waals surface area contributed by atoms with Crippen molar-refractivity contribution in [3.63, 3.8) is 0 Å². The van der Waals surface area contributed by atoms with Crippen molar-refractivity contribution >= 4 is 23.5 Å². The molecule has 2 aliphatic rings. The second kappa shape index (κ2) is 8.00. The zero-order valence-corrected chi connectivity index (χ0v) is 16.3. The second-order valence-corrected chi connectivity index (χ2v) is 7.31. The van der Waals surface area contributed by atoms with E-state index in [4.69, 9.17) is 4.74 Å². The van der Waals surface area contributed by atoms with Gasteiger partial charge in [-0.15, -0.1) is 0 Å². The van der Waals surface area contributed by atoms with Crippen LogP contribution in [0.4, 0.5) is 14.9 Å². The quantitative estimate of drug-likeness (QED) is 0.631. The Morgan fingerprint density at radius 3 is 2.79 bits per heavy atom. The molecule has 1 aliphatic carbocycles. The number of aryl methyl sites for hydroxylation is 1. The summed E-state index contributed by atoms with van der Waals surface area (Å²) in [6.07, 6.45) is 2.56. The number of ether oxygens (including phenoxy) is 1. The Labute approximate surface area is 163 Å². The van der Waals surface area contributed by atoms with Crippen molar-refractivity contribution in [1.82, 2.24) is 10.2 Å². The van der Waals surface area contributed by atoms with Crippen LogP contribution in [-0.4, -0.2) is 56.0 Å². The third-order valence-electron chi connectivity index (χ3n) is 4.76. The Bertz CT molecular complexity index is 850. The maximum Gasteiger partial charge on any atom is 0.414 e. The molecule has 1 N–H and O–H groups in total. The Kier molecular flexibility index (Phi) is 5.67. The van der Waals surface area contributed by atoms with E-state index >= 15 is 0 Å². The lowest BCUT2D eigenvalue weighted by Crippen LogP contribution is -2.33. The molecule has 1 saturated heterocycles. The largest absolute Gasteiger partial charge is 0.442 e. The number of benzene rings is 1. The number of carbonyl (C=O) groups excluding carboxylic acids is 3. The van der Waals surface area contributed by atoms with E-state index in [1.54, 1.807) is 17.2 Å².